The Morgan fingerprint density at radius 1 is 1.19 bits per heavy atom. The number of rotatable bonds is 7. The Morgan fingerprint density at radius 3 is 2.89 bits per heavy atom. The van der Waals surface area contributed by atoms with Crippen molar-refractivity contribution in [2.24, 2.45) is 0 Å². The molecule has 0 bridgehead atoms. The van der Waals surface area contributed by atoms with E-state index in [1.807, 2.05) is 28.9 Å². The average molecular weight is 505 g/mol. The van der Waals surface area contributed by atoms with Crippen LogP contribution in [0.3, 0.4) is 0 Å². The molecule has 0 radical (unpaired) electrons. The number of nitrogens with zero attached hydrogens (tertiary/aromatic N) is 6. The second-order valence-electron chi connectivity index (χ2n) is 8.82. The molecule has 5 aromatic rings. The van der Waals surface area contributed by atoms with Gasteiger partial charge in [0.05, 0.1) is 18.0 Å². The fourth-order valence-corrected chi connectivity index (χ4v) is 4.84. The quantitative estimate of drug-likeness (QED) is 0.330. The van der Waals surface area contributed by atoms with Crippen LogP contribution in [0.15, 0.2) is 53.2 Å². The van der Waals surface area contributed by atoms with E-state index in [1.165, 1.54) is 6.33 Å². The van der Waals surface area contributed by atoms with E-state index in [0.29, 0.717) is 34.6 Å². The molecule has 1 aliphatic heterocycles. The fraction of sp³-hybridized carbons (Fsp3) is 0.280. The number of fused-ring (bicyclic) bond motifs is 2. The lowest BCUT2D eigenvalue weighted by Gasteiger charge is -2.15. The largest absolute Gasteiger partial charge is 0.423 e. The van der Waals surface area contributed by atoms with Crippen molar-refractivity contribution < 1.29 is 9.15 Å². The normalized spacial score (nSPS) is 16.3. The van der Waals surface area contributed by atoms with E-state index >= 15 is 0 Å². The molecular formula is C25H25ClN8O2. The van der Waals surface area contributed by atoms with Crippen LogP contribution in [0.5, 0.6) is 0 Å². The molecule has 0 amide bonds. The summed E-state index contributed by atoms with van der Waals surface area (Å²) in [6.45, 7) is 3.50. The summed E-state index contributed by atoms with van der Waals surface area (Å²) in [5.41, 5.74) is 10.9. The number of ether oxygens (including phenoxy) is 1. The molecule has 4 heterocycles. The molecule has 11 heteroatoms. The number of hydrogen-bond acceptors (Lipinski definition) is 9. The molecule has 1 atom stereocenters. The van der Waals surface area contributed by atoms with Crippen LogP contribution in [0.4, 0.5) is 17.5 Å². The number of methoxy groups -OCH3 is 1. The Hall–Kier alpha value is -3.73. The highest BCUT2D eigenvalue weighted by Gasteiger charge is 2.28. The predicted octanol–water partition coefficient (Wildman–Crippen LogP) is 4.51. The Bertz CT molecular complexity index is 1530. The Morgan fingerprint density at radius 2 is 2.06 bits per heavy atom. The molecule has 3 aromatic heterocycles. The third-order valence-electron chi connectivity index (χ3n) is 6.48. The van der Waals surface area contributed by atoms with Gasteiger partial charge < -0.3 is 20.2 Å². The van der Waals surface area contributed by atoms with Crippen LogP contribution < -0.4 is 11.1 Å². The van der Waals surface area contributed by atoms with Crippen LogP contribution >= 0.6 is 11.6 Å². The van der Waals surface area contributed by atoms with Crippen molar-refractivity contribution in [1.29, 1.82) is 0 Å². The van der Waals surface area contributed by atoms with Crippen molar-refractivity contribution >= 4 is 51.3 Å². The predicted molar refractivity (Wildman–Crippen MR) is 139 cm³/mol. The van der Waals surface area contributed by atoms with Crippen molar-refractivity contribution in [2.45, 2.75) is 12.5 Å². The van der Waals surface area contributed by atoms with Crippen molar-refractivity contribution in [3.05, 3.63) is 53.8 Å². The molecule has 2 aromatic carbocycles. The summed E-state index contributed by atoms with van der Waals surface area (Å²) in [6, 6.07) is 13.8. The number of hydrogen-bond donors (Lipinski definition) is 2. The summed E-state index contributed by atoms with van der Waals surface area (Å²) in [5, 5.41) is 9.56. The van der Waals surface area contributed by atoms with Gasteiger partial charge in [0.15, 0.2) is 11.2 Å². The molecule has 0 spiro atoms. The van der Waals surface area contributed by atoms with Gasteiger partial charge in [0.2, 0.25) is 0 Å². The third kappa shape index (κ3) is 4.23. The first-order chi connectivity index (χ1) is 17.6. The minimum absolute atomic E-state index is 0.209. The van der Waals surface area contributed by atoms with Gasteiger partial charge in [0.25, 0.3) is 6.01 Å². The number of aromatic nitrogens is 5. The number of halogens is 1. The Labute approximate surface area is 212 Å². The summed E-state index contributed by atoms with van der Waals surface area (Å²) in [5.74, 6) is 0.419. The van der Waals surface area contributed by atoms with Crippen LogP contribution in [-0.2, 0) is 4.74 Å². The summed E-state index contributed by atoms with van der Waals surface area (Å²) in [6.07, 6.45) is 2.49. The van der Waals surface area contributed by atoms with E-state index in [1.54, 1.807) is 25.3 Å². The molecule has 0 aliphatic carbocycles. The molecule has 36 heavy (non-hydrogen) atoms. The molecule has 1 fully saturated rings. The van der Waals surface area contributed by atoms with Crippen LogP contribution in [0.2, 0.25) is 5.02 Å². The van der Waals surface area contributed by atoms with E-state index in [2.05, 4.69) is 25.2 Å². The third-order valence-corrected chi connectivity index (χ3v) is 6.72. The van der Waals surface area contributed by atoms with Gasteiger partial charge in [-0.15, -0.1) is 0 Å². The first kappa shape index (κ1) is 22.7. The summed E-state index contributed by atoms with van der Waals surface area (Å²) in [4.78, 5) is 15.6. The highest BCUT2D eigenvalue weighted by molar-refractivity contribution is 6.31. The molecule has 184 valence electrons. The Kier molecular flexibility index (Phi) is 5.92. The lowest BCUT2D eigenvalue weighted by molar-refractivity contribution is 0.159. The topological polar surface area (TPSA) is 120 Å². The van der Waals surface area contributed by atoms with Gasteiger partial charge in [-0.3, -0.25) is 4.90 Å². The minimum Gasteiger partial charge on any atom is -0.423 e. The van der Waals surface area contributed by atoms with Gasteiger partial charge in [-0.05, 0) is 36.8 Å². The van der Waals surface area contributed by atoms with Crippen molar-refractivity contribution in [3.8, 4) is 11.3 Å². The molecule has 1 saturated heterocycles. The molecule has 0 saturated carbocycles. The zero-order chi connectivity index (χ0) is 24.6. The van der Waals surface area contributed by atoms with Crippen molar-refractivity contribution in [2.75, 3.05) is 44.4 Å². The van der Waals surface area contributed by atoms with E-state index in [-0.39, 0.29) is 6.04 Å². The molecule has 1 unspecified atom stereocenters. The fourth-order valence-electron chi connectivity index (χ4n) is 4.68. The van der Waals surface area contributed by atoms with E-state index in [0.717, 1.165) is 54.0 Å². The first-order valence-electron chi connectivity index (χ1n) is 11.7. The van der Waals surface area contributed by atoms with Crippen molar-refractivity contribution in [3.63, 3.8) is 0 Å². The number of nitrogens with two attached hydrogens (primary N) is 1. The molecular weight excluding hydrogens is 480 g/mol. The second kappa shape index (κ2) is 9.38. The van der Waals surface area contributed by atoms with E-state index < -0.39 is 0 Å². The standard InChI is InChI=1S/C25H25ClN8O2/c1-35-11-10-33-9-8-18(13-33)34-24-21(23(27)28-14-29-24)22(32-34)15-2-5-17(6-3-15)30-25-31-19-12-16(26)4-7-20(19)36-25/h2-7,12,14,18H,8-11,13H2,1H3,(H,30,31)(H2,27,28,29). The monoisotopic (exact) mass is 504 g/mol. The minimum atomic E-state index is 0.209. The number of benzene rings is 2. The van der Waals surface area contributed by atoms with Gasteiger partial charge >= 0.3 is 0 Å². The van der Waals surface area contributed by atoms with Gasteiger partial charge in [0, 0.05) is 43.0 Å². The van der Waals surface area contributed by atoms with Gasteiger partial charge in [0.1, 0.15) is 23.4 Å². The molecule has 6 rings (SSSR count). The Balaban J connectivity index is 1.28. The highest BCUT2D eigenvalue weighted by atomic mass is 35.5. The van der Waals surface area contributed by atoms with Crippen LogP contribution in [0.25, 0.3) is 33.4 Å². The number of oxazole rings is 1. The maximum absolute atomic E-state index is 6.31. The summed E-state index contributed by atoms with van der Waals surface area (Å²) in [7, 11) is 1.73. The molecule has 10 nitrogen and oxygen atoms in total. The number of nitrogens with one attached hydrogen (secondary N) is 1. The summed E-state index contributed by atoms with van der Waals surface area (Å²) < 4.78 is 13.0. The van der Waals surface area contributed by atoms with Crippen LogP contribution in [-0.4, -0.2) is 63.0 Å². The molecule has 1 aliphatic rings. The highest BCUT2D eigenvalue weighted by Crippen LogP contribution is 2.34. The lowest BCUT2D eigenvalue weighted by atomic mass is 10.1. The van der Waals surface area contributed by atoms with Crippen LogP contribution in [0, 0.1) is 0 Å². The maximum atomic E-state index is 6.31. The smallest absolute Gasteiger partial charge is 0.300 e. The number of nitrogen functional groups attached to an aromatic ring is 1. The van der Waals surface area contributed by atoms with Gasteiger partial charge in [-0.2, -0.15) is 10.1 Å². The van der Waals surface area contributed by atoms with Crippen molar-refractivity contribution in [1.82, 2.24) is 29.6 Å². The average Bonchev–Trinajstić information content (AvgIpc) is 3.60. The molecule has 3 N–H and O–H groups in total. The first-order valence-corrected chi connectivity index (χ1v) is 12.1. The van der Waals surface area contributed by atoms with E-state index in [9.17, 15) is 0 Å². The second-order valence-corrected chi connectivity index (χ2v) is 9.26. The zero-order valence-corrected chi connectivity index (χ0v) is 20.4. The number of anilines is 3. The van der Waals surface area contributed by atoms with E-state index in [4.69, 9.17) is 31.6 Å². The van der Waals surface area contributed by atoms with Gasteiger partial charge in [-0.1, -0.05) is 23.7 Å². The summed E-state index contributed by atoms with van der Waals surface area (Å²) >= 11 is 6.05. The lowest BCUT2D eigenvalue weighted by Crippen LogP contribution is -2.25. The van der Waals surface area contributed by atoms with Gasteiger partial charge in [-0.25, -0.2) is 14.6 Å². The SMILES string of the molecule is COCCN1CCC(n2nc(-c3ccc(Nc4nc5cc(Cl)ccc5o4)cc3)c3c(N)ncnc32)C1. The number of likely N-dealkylation sites (tertiary alicyclic amines) is 1. The zero-order valence-electron chi connectivity index (χ0n) is 19.7. The van der Waals surface area contributed by atoms with Crippen LogP contribution in [0.1, 0.15) is 12.5 Å². The maximum Gasteiger partial charge on any atom is 0.300 e.